The molecule has 1 fully saturated rings. The molecule has 1 saturated heterocycles. The minimum Gasteiger partial charge on any atom is -0.391 e. The van der Waals surface area contributed by atoms with E-state index >= 15 is 0 Å². The van der Waals surface area contributed by atoms with Gasteiger partial charge in [0.2, 0.25) is 0 Å². The largest absolute Gasteiger partial charge is 0.391 e. The number of aliphatic hydroxyl groups is 1. The Kier molecular flexibility index (Phi) is 4.08. The number of aromatic nitrogens is 2. The molecule has 0 spiro atoms. The van der Waals surface area contributed by atoms with Gasteiger partial charge in [0.1, 0.15) is 11.6 Å². The third-order valence-electron chi connectivity index (χ3n) is 3.84. The number of likely N-dealkylation sites (tertiary alicyclic amines) is 1. The molecule has 23 heavy (non-hydrogen) atoms. The summed E-state index contributed by atoms with van der Waals surface area (Å²) < 4.78 is 31.6. The van der Waals surface area contributed by atoms with Crippen molar-refractivity contribution in [1.29, 1.82) is 0 Å². The standard InChI is InChI=1S/C15H15F2N3O3/c1-8-2-11(23-19-8)3-9-6-20(7-13(9)21)15(22)14-12(17)4-10(16)5-18-14/h2,4-5,9,13,21H,3,6-7H2,1H3/t9-,13-/m1/s1. The highest BCUT2D eigenvalue weighted by molar-refractivity contribution is 5.92. The van der Waals surface area contributed by atoms with E-state index < -0.39 is 29.3 Å². The Morgan fingerprint density at radius 2 is 2.22 bits per heavy atom. The molecule has 0 aromatic carbocycles. The highest BCUT2D eigenvalue weighted by Gasteiger charge is 2.36. The molecule has 0 radical (unpaired) electrons. The normalized spacial score (nSPS) is 21.0. The molecule has 122 valence electrons. The number of halogens is 2. The summed E-state index contributed by atoms with van der Waals surface area (Å²) in [6.45, 7) is 2.09. The van der Waals surface area contributed by atoms with Crippen LogP contribution in [0.5, 0.6) is 0 Å². The summed E-state index contributed by atoms with van der Waals surface area (Å²) in [4.78, 5) is 17.1. The lowest BCUT2D eigenvalue weighted by atomic mass is 10.0. The van der Waals surface area contributed by atoms with Crippen LogP contribution in [0, 0.1) is 24.5 Å². The van der Waals surface area contributed by atoms with Crippen molar-refractivity contribution in [3.63, 3.8) is 0 Å². The predicted octanol–water partition coefficient (Wildman–Crippen LogP) is 1.33. The summed E-state index contributed by atoms with van der Waals surface area (Å²) in [7, 11) is 0. The number of pyridine rings is 1. The van der Waals surface area contributed by atoms with E-state index in [9.17, 15) is 18.7 Å². The first-order valence-electron chi connectivity index (χ1n) is 7.14. The van der Waals surface area contributed by atoms with Gasteiger partial charge in [-0.25, -0.2) is 13.8 Å². The van der Waals surface area contributed by atoms with Crippen LogP contribution in [0.2, 0.25) is 0 Å². The SMILES string of the molecule is Cc1cc(C[C@@H]2CN(C(=O)c3ncc(F)cc3F)C[C@H]2O)on1. The van der Waals surface area contributed by atoms with Gasteiger partial charge < -0.3 is 14.5 Å². The lowest BCUT2D eigenvalue weighted by Gasteiger charge is -2.15. The lowest BCUT2D eigenvalue weighted by molar-refractivity contribution is 0.0753. The summed E-state index contributed by atoms with van der Waals surface area (Å²) in [6.07, 6.45) is 0.454. The van der Waals surface area contributed by atoms with Crippen LogP contribution < -0.4 is 0 Å². The van der Waals surface area contributed by atoms with Crippen molar-refractivity contribution in [3.05, 3.63) is 47.1 Å². The zero-order valence-corrected chi connectivity index (χ0v) is 12.4. The molecule has 3 heterocycles. The fourth-order valence-corrected chi connectivity index (χ4v) is 2.71. The van der Waals surface area contributed by atoms with Gasteiger partial charge in [-0.1, -0.05) is 5.16 Å². The van der Waals surface area contributed by atoms with E-state index in [-0.39, 0.29) is 19.0 Å². The highest BCUT2D eigenvalue weighted by atomic mass is 19.1. The van der Waals surface area contributed by atoms with Gasteiger partial charge in [0, 0.05) is 37.6 Å². The number of hydrogen-bond acceptors (Lipinski definition) is 5. The maximum atomic E-state index is 13.7. The number of aryl methyl sites for hydroxylation is 1. The van der Waals surface area contributed by atoms with Crippen LogP contribution in [0.3, 0.4) is 0 Å². The van der Waals surface area contributed by atoms with E-state index in [0.29, 0.717) is 18.2 Å². The third kappa shape index (κ3) is 3.21. The fraction of sp³-hybridized carbons (Fsp3) is 0.400. The van der Waals surface area contributed by atoms with Crippen LogP contribution >= 0.6 is 0 Å². The van der Waals surface area contributed by atoms with Crippen LogP contribution in [-0.2, 0) is 6.42 Å². The number of aliphatic hydroxyl groups excluding tert-OH is 1. The minimum absolute atomic E-state index is 0.0646. The summed E-state index contributed by atoms with van der Waals surface area (Å²) >= 11 is 0. The average Bonchev–Trinajstić information content (AvgIpc) is 3.05. The van der Waals surface area contributed by atoms with Crippen molar-refractivity contribution >= 4 is 5.91 Å². The number of amides is 1. The molecule has 1 aliphatic rings. The third-order valence-corrected chi connectivity index (χ3v) is 3.84. The molecule has 1 aliphatic heterocycles. The summed E-state index contributed by atoms with van der Waals surface area (Å²) in [5.74, 6) is -2.16. The zero-order valence-electron chi connectivity index (χ0n) is 12.4. The highest BCUT2D eigenvalue weighted by Crippen LogP contribution is 2.23. The Bertz CT molecular complexity index is 735. The van der Waals surface area contributed by atoms with Crippen LogP contribution in [0.15, 0.2) is 22.9 Å². The van der Waals surface area contributed by atoms with Crippen molar-refractivity contribution < 1.29 is 23.2 Å². The Balaban J connectivity index is 1.71. The molecule has 2 aromatic heterocycles. The van der Waals surface area contributed by atoms with Gasteiger partial charge in [-0.2, -0.15) is 0 Å². The van der Waals surface area contributed by atoms with E-state index in [1.807, 2.05) is 0 Å². The van der Waals surface area contributed by atoms with E-state index in [4.69, 9.17) is 4.52 Å². The van der Waals surface area contributed by atoms with Crippen molar-refractivity contribution in [1.82, 2.24) is 15.0 Å². The van der Waals surface area contributed by atoms with Crippen LogP contribution in [0.25, 0.3) is 0 Å². The maximum Gasteiger partial charge on any atom is 0.275 e. The van der Waals surface area contributed by atoms with Gasteiger partial charge in [0.25, 0.3) is 5.91 Å². The van der Waals surface area contributed by atoms with E-state index in [2.05, 4.69) is 10.1 Å². The Morgan fingerprint density at radius 1 is 1.43 bits per heavy atom. The Hall–Kier alpha value is -2.35. The minimum atomic E-state index is -1.02. The second-order valence-electron chi connectivity index (χ2n) is 5.66. The molecular formula is C15H15F2N3O3. The first-order valence-corrected chi connectivity index (χ1v) is 7.14. The maximum absolute atomic E-state index is 13.7. The topological polar surface area (TPSA) is 79.5 Å². The number of hydrogen-bond donors (Lipinski definition) is 1. The molecule has 0 saturated carbocycles. The van der Waals surface area contributed by atoms with Gasteiger partial charge in [0.15, 0.2) is 11.5 Å². The molecule has 1 N–H and O–H groups in total. The van der Waals surface area contributed by atoms with Crippen molar-refractivity contribution in [2.75, 3.05) is 13.1 Å². The number of β-amino-alcohol motifs (C(OH)–C–C–N with tert-alkyl or cyclic N) is 1. The fourth-order valence-electron chi connectivity index (χ4n) is 2.71. The molecule has 0 unspecified atom stereocenters. The van der Waals surface area contributed by atoms with E-state index in [1.165, 1.54) is 4.90 Å². The lowest BCUT2D eigenvalue weighted by Crippen LogP contribution is -2.31. The van der Waals surface area contributed by atoms with Crippen LogP contribution in [0.4, 0.5) is 8.78 Å². The average molecular weight is 323 g/mol. The molecule has 2 aromatic rings. The van der Waals surface area contributed by atoms with Gasteiger partial charge in [-0.3, -0.25) is 4.79 Å². The van der Waals surface area contributed by atoms with Gasteiger partial charge in [-0.15, -0.1) is 0 Å². The number of carbonyl (C=O) groups excluding carboxylic acids is 1. The zero-order chi connectivity index (χ0) is 16.6. The quantitative estimate of drug-likeness (QED) is 0.922. The summed E-state index contributed by atoms with van der Waals surface area (Å²) in [5.41, 5.74) is 0.285. The molecule has 3 rings (SSSR count). The molecule has 1 amide bonds. The smallest absolute Gasteiger partial charge is 0.275 e. The number of carbonyl (C=O) groups is 1. The number of rotatable bonds is 3. The molecule has 0 aliphatic carbocycles. The Morgan fingerprint density at radius 3 is 2.87 bits per heavy atom. The van der Waals surface area contributed by atoms with Gasteiger partial charge in [-0.05, 0) is 6.92 Å². The molecule has 2 atom stereocenters. The molecule has 8 heteroatoms. The van der Waals surface area contributed by atoms with Crippen LogP contribution in [0.1, 0.15) is 21.9 Å². The van der Waals surface area contributed by atoms with E-state index in [0.717, 1.165) is 11.9 Å². The summed E-state index contributed by atoms with van der Waals surface area (Å²) in [5, 5.41) is 13.9. The first-order chi connectivity index (χ1) is 10.9. The molecule has 0 bridgehead atoms. The number of nitrogens with zero attached hydrogens (tertiary/aromatic N) is 3. The van der Waals surface area contributed by atoms with Crippen molar-refractivity contribution in [2.45, 2.75) is 19.4 Å². The monoisotopic (exact) mass is 323 g/mol. The first kappa shape index (κ1) is 15.5. The molecule has 6 nitrogen and oxygen atoms in total. The molecular weight excluding hydrogens is 308 g/mol. The van der Waals surface area contributed by atoms with Gasteiger partial charge >= 0.3 is 0 Å². The second kappa shape index (κ2) is 6.04. The van der Waals surface area contributed by atoms with Crippen molar-refractivity contribution in [3.8, 4) is 0 Å². The van der Waals surface area contributed by atoms with Crippen LogP contribution in [-0.4, -0.2) is 45.2 Å². The van der Waals surface area contributed by atoms with Gasteiger partial charge in [0.05, 0.1) is 18.0 Å². The van der Waals surface area contributed by atoms with Crippen molar-refractivity contribution in [2.24, 2.45) is 5.92 Å². The Labute approximate surface area is 130 Å². The second-order valence-corrected chi connectivity index (χ2v) is 5.66. The summed E-state index contributed by atoms with van der Waals surface area (Å²) in [6, 6.07) is 2.37. The van der Waals surface area contributed by atoms with E-state index in [1.54, 1.807) is 13.0 Å². The predicted molar refractivity (Wildman–Crippen MR) is 74.5 cm³/mol.